The summed E-state index contributed by atoms with van der Waals surface area (Å²) in [5.41, 5.74) is 2.61. The van der Waals surface area contributed by atoms with Crippen molar-refractivity contribution in [2.75, 3.05) is 19.0 Å². The van der Waals surface area contributed by atoms with E-state index in [2.05, 4.69) is 9.97 Å². The number of fused-ring (bicyclic) bond motifs is 1. The highest BCUT2D eigenvalue weighted by Gasteiger charge is 2.05. The summed E-state index contributed by atoms with van der Waals surface area (Å²) in [6.07, 6.45) is 0. The number of aromatic nitrogens is 2. The molecule has 0 radical (unpaired) electrons. The minimum Gasteiger partial charge on any atom is -0.378 e. The number of nitrogens with one attached hydrogen (secondary N) is 1. The standard InChI is InChI=1S/C16H15N3O.C2H6/c1-19(2)12-9-7-11(8-10-12)15-17-14-6-4-3-5-13(14)16(20)18-15;1-2/h3-10H,1-2H3,(H,17,18,20);1-2H3. The van der Waals surface area contributed by atoms with Gasteiger partial charge in [0.2, 0.25) is 0 Å². The molecule has 0 fully saturated rings. The smallest absolute Gasteiger partial charge is 0.259 e. The molecule has 0 atom stereocenters. The Kier molecular flexibility index (Phi) is 4.94. The second-order valence-electron chi connectivity index (χ2n) is 4.87. The van der Waals surface area contributed by atoms with Crippen molar-refractivity contribution < 1.29 is 0 Å². The molecule has 1 heterocycles. The van der Waals surface area contributed by atoms with Crippen molar-refractivity contribution in [2.45, 2.75) is 13.8 Å². The van der Waals surface area contributed by atoms with Crippen LogP contribution in [0, 0.1) is 0 Å². The molecule has 0 aliphatic rings. The summed E-state index contributed by atoms with van der Waals surface area (Å²) < 4.78 is 0. The van der Waals surface area contributed by atoms with E-state index in [1.165, 1.54) is 0 Å². The molecular formula is C18H21N3O. The fourth-order valence-electron chi connectivity index (χ4n) is 2.14. The molecule has 4 nitrogen and oxygen atoms in total. The van der Waals surface area contributed by atoms with Gasteiger partial charge in [-0.15, -0.1) is 0 Å². The molecule has 1 aromatic heterocycles. The lowest BCUT2D eigenvalue weighted by Gasteiger charge is -2.12. The van der Waals surface area contributed by atoms with Crippen LogP contribution in [0.4, 0.5) is 5.69 Å². The summed E-state index contributed by atoms with van der Waals surface area (Å²) in [5, 5.41) is 0.612. The summed E-state index contributed by atoms with van der Waals surface area (Å²) in [6, 6.07) is 15.3. The number of hydrogen-bond acceptors (Lipinski definition) is 3. The first-order valence-corrected chi connectivity index (χ1v) is 7.42. The van der Waals surface area contributed by atoms with Crippen molar-refractivity contribution >= 4 is 16.6 Å². The van der Waals surface area contributed by atoms with Crippen molar-refractivity contribution in [2.24, 2.45) is 0 Å². The zero-order valence-electron chi connectivity index (χ0n) is 13.4. The Bertz CT molecular complexity index is 804. The van der Waals surface area contributed by atoms with E-state index in [4.69, 9.17) is 0 Å². The van der Waals surface area contributed by atoms with Crippen LogP contribution in [0.2, 0.25) is 0 Å². The molecule has 0 saturated heterocycles. The number of rotatable bonds is 2. The number of nitrogens with zero attached hydrogens (tertiary/aromatic N) is 2. The van der Waals surface area contributed by atoms with Gasteiger partial charge < -0.3 is 9.88 Å². The summed E-state index contributed by atoms with van der Waals surface area (Å²) >= 11 is 0. The van der Waals surface area contributed by atoms with Gasteiger partial charge in [0.15, 0.2) is 0 Å². The molecular weight excluding hydrogens is 274 g/mol. The zero-order chi connectivity index (χ0) is 16.1. The lowest BCUT2D eigenvalue weighted by molar-refractivity contribution is 1.13. The highest BCUT2D eigenvalue weighted by Crippen LogP contribution is 2.19. The van der Waals surface area contributed by atoms with Crippen LogP contribution in [-0.2, 0) is 0 Å². The second-order valence-corrected chi connectivity index (χ2v) is 4.87. The topological polar surface area (TPSA) is 49.0 Å². The minimum absolute atomic E-state index is 0.109. The second kappa shape index (κ2) is 6.89. The van der Waals surface area contributed by atoms with Crippen molar-refractivity contribution in [3.8, 4) is 11.4 Å². The Morgan fingerprint density at radius 1 is 0.955 bits per heavy atom. The largest absolute Gasteiger partial charge is 0.378 e. The maximum Gasteiger partial charge on any atom is 0.259 e. The molecule has 1 N–H and O–H groups in total. The van der Waals surface area contributed by atoms with Crippen LogP contribution in [0.15, 0.2) is 53.3 Å². The van der Waals surface area contributed by atoms with Gasteiger partial charge in [-0.1, -0.05) is 26.0 Å². The number of aromatic amines is 1. The average molecular weight is 295 g/mol. The van der Waals surface area contributed by atoms with E-state index in [0.29, 0.717) is 16.7 Å². The van der Waals surface area contributed by atoms with Crippen LogP contribution in [0.5, 0.6) is 0 Å². The molecule has 3 aromatic rings. The van der Waals surface area contributed by atoms with Crippen molar-refractivity contribution in [1.82, 2.24) is 9.97 Å². The van der Waals surface area contributed by atoms with Gasteiger partial charge in [-0.25, -0.2) is 4.98 Å². The number of hydrogen-bond donors (Lipinski definition) is 1. The van der Waals surface area contributed by atoms with E-state index in [1.54, 1.807) is 6.07 Å². The molecule has 0 amide bonds. The van der Waals surface area contributed by atoms with Gasteiger partial charge in [0.1, 0.15) is 5.82 Å². The number of benzene rings is 2. The van der Waals surface area contributed by atoms with Crippen LogP contribution in [-0.4, -0.2) is 24.1 Å². The quantitative estimate of drug-likeness (QED) is 0.784. The predicted molar refractivity (Wildman–Crippen MR) is 93.5 cm³/mol. The van der Waals surface area contributed by atoms with Gasteiger partial charge in [0, 0.05) is 25.3 Å². The maximum atomic E-state index is 12.0. The normalized spacial score (nSPS) is 10.0. The Hall–Kier alpha value is -2.62. The first-order chi connectivity index (χ1) is 10.6. The Morgan fingerprint density at radius 2 is 1.59 bits per heavy atom. The van der Waals surface area contributed by atoms with Crippen LogP contribution in [0.1, 0.15) is 13.8 Å². The van der Waals surface area contributed by atoms with E-state index in [-0.39, 0.29) is 5.56 Å². The lowest BCUT2D eigenvalue weighted by atomic mass is 10.1. The maximum absolute atomic E-state index is 12.0. The zero-order valence-corrected chi connectivity index (χ0v) is 13.4. The van der Waals surface area contributed by atoms with Crippen LogP contribution in [0.3, 0.4) is 0 Å². The molecule has 0 unspecified atom stereocenters. The lowest BCUT2D eigenvalue weighted by Crippen LogP contribution is -2.10. The van der Waals surface area contributed by atoms with Crippen molar-refractivity contribution in [3.63, 3.8) is 0 Å². The molecule has 0 aliphatic carbocycles. The Labute approximate surface area is 130 Å². The molecule has 0 aliphatic heterocycles. The number of H-pyrrole nitrogens is 1. The van der Waals surface area contributed by atoms with E-state index in [9.17, 15) is 4.79 Å². The summed E-state index contributed by atoms with van der Waals surface area (Å²) in [6.45, 7) is 4.00. The van der Waals surface area contributed by atoms with E-state index in [0.717, 1.165) is 11.3 Å². The summed E-state index contributed by atoms with van der Waals surface area (Å²) in [7, 11) is 3.98. The highest BCUT2D eigenvalue weighted by atomic mass is 16.1. The van der Waals surface area contributed by atoms with Gasteiger partial charge in [-0.05, 0) is 36.4 Å². The Balaban J connectivity index is 0.000000847. The van der Waals surface area contributed by atoms with Crippen LogP contribution >= 0.6 is 0 Å². The van der Waals surface area contributed by atoms with Gasteiger partial charge in [-0.3, -0.25) is 4.79 Å². The van der Waals surface area contributed by atoms with E-state index >= 15 is 0 Å². The summed E-state index contributed by atoms with van der Waals surface area (Å²) in [4.78, 5) is 21.4. The van der Waals surface area contributed by atoms with Crippen molar-refractivity contribution in [1.29, 1.82) is 0 Å². The molecule has 0 spiro atoms. The third-order valence-corrected chi connectivity index (χ3v) is 3.27. The summed E-state index contributed by atoms with van der Waals surface area (Å²) in [5.74, 6) is 0.596. The monoisotopic (exact) mass is 295 g/mol. The fraction of sp³-hybridized carbons (Fsp3) is 0.222. The van der Waals surface area contributed by atoms with Gasteiger partial charge >= 0.3 is 0 Å². The number of para-hydroxylation sites is 1. The third kappa shape index (κ3) is 3.17. The molecule has 22 heavy (non-hydrogen) atoms. The molecule has 4 heteroatoms. The van der Waals surface area contributed by atoms with Gasteiger partial charge in [0.05, 0.1) is 10.9 Å². The molecule has 0 saturated carbocycles. The molecule has 2 aromatic carbocycles. The predicted octanol–water partition coefficient (Wildman–Crippen LogP) is 3.68. The Morgan fingerprint density at radius 3 is 2.23 bits per heavy atom. The number of anilines is 1. The highest BCUT2D eigenvalue weighted by molar-refractivity contribution is 5.79. The van der Waals surface area contributed by atoms with Crippen LogP contribution in [0.25, 0.3) is 22.3 Å². The van der Waals surface area contributed by atoms with Crippen molar-refractivity contribution in [3.05, 3.63) is 58.9 Å². The molecule has 0 bridgehead atoms. The van der Waals surface area contributed by atoms with Gasteiger partial charge in [-0.2, -0.15) is 0 Å². The van der Waals surface area contributed by atoms with Gasteiger partial charge in [0.25, 0.3) is 5.56 Å². The van der Waals surface area contributed by atoms with E-state index in [1.807, 2.05) is 75.3 Å². The molecule has 3 rings (SSSR count). The first-order valence-electron chi connectivity index (χ1n) is 7.42. The first kappa shape index (κ1) is 15.8. The van der Waals surface area contributed by atoms with Crippen LogP contribution < -0.4 is 10.5 Å². The molecule has 114 valence electrons. The third-order valence-electron chi connectivity index (χ3n) is 3.27. The van der Waals surface area contributed by atoms with E-state index < -0.39 is 0 Å². The fourth-order valence-corrected chi connectivity index (χ4v) is 2.14. The SMILES string of the molecule is CC.CN(C)c1ccc(-c2nc3ccccc3c(=O)[nH]2)cc1. The average Bonchev–Trinajstić information content (AvgIpc) is 2.57. The minimum atomic E-state index is -0.109.